The van der Waals surface area contributed by atoms with E-state index in [2.05, 4.69) is 12.1 Å². The van der Waals surface area contributed by atoms with Crippen molar-refractivity contribution in [1.29, 1.82) is 0 Å². The van der Waals surface area contributed by atoms with Gasteiger partial charge in [0.05, 0.1) is 11.3 Å². The van der Waals surface area contributed by atoms with Crippen molar-refractivity contribution in [3.05, 3.63) is 103 Å². The number of hydrogen-bond donors (Lipinski definition) is 1. The minimum Gasteiger partial charge on any atom is -0.512 e. The van der Waals surface area contributed by atoms with Gasteiger partial charge in [-0.05, 0) is 31.7 Å². The third kappa shape index (κ3) is 5.15. The number of aliphatic hydroxyl groups is 1. The summed E-state index contributed by atoms with van der Waals surface area (Å²) in [5.41, 5.74) is 4.93. The van der Waals surface area contributed by atoms with Crippen LogP contribution in [0.4, 0.5) is 0 Å². The zero-order valence-electron chi connectivity index (χ0n) is 19.6. The summed E-state index contributed by atoms with van der Waals surface area (Å²) < 4.78 is 12.2. The number of furan rings is 2. The summed E-state index contributed by atoms with van der Waals surface area (Å²) in [6.45, 7) is 2.85. The van der Waals surface area contributed by atoms with Crippen molar-refractivity contribution < 1.29 is 38.8 Å². The van der Waals surface area contributed by atoms with Crippen molar-refractivity contribution in [1.82, 2.24) is 4.98 Å². The molecule has 0 spiro atoms. The van der Waals surface area contributed by atoms with Crippen LogP contribution in [-0.4, -0.2) is 15.9 Å². The van der Waals surface area contributed by atoms with E-state index in [-0.39, 0.29) is 31.6 Å². The van der Waals surface area contributed by atoms with Crippen molar-refractivity contribution in [2.75, 3.05) is 0 Å². The predicted octanol–water partition coefficient (Wildman–Crippen LogP) is 7.90. The van der Waals surface area contributed by atoms with E-state index in [0.717, 1.165) is 49.9 Å². The van der Waals surface area contributed by atoms with Gasteiger partial charge in [-0.25, -0.2) is 0 Å². The Labute approximate surface area is 221 Å². The SMILES string of the molecule is CC(=O)/C=C(/C)O.[Ir].[c-]1ccc2c(oc3ccccc32)c1-c1ccc2cc(-c3ccccc3)oc2n1. The number of benzene rings is 3. The first-order chi connectivity index (χ1) is 17.0. The van der Waals surface area contributed by atoms with Gasteiger partial charge >= 0.3 is 0 Å². The minimum absolute atomic E-state index is 0. The Balaban J connectivity index is 0.000000338. The predicted molar refractivity (Wildman–Crippen MR) is 138 cm³/mol. The number of carbonyl (C=O) groups is 1. The van der Waals surface area contributed by atoms with Crippen LogP contribution in [0.3, 0.4) is 0 Å². The third-order valence-electron chi connectivity index (χ3n) is 5.45. The van der Waals surface area contributed by atoms with Crippen LogP contribution in [0.5, 0.6) is 0 Å². The Morgan fingerprint density at radius 3 is 2.39 bits per heavy atom. The number of aliphatic hydroxyl groups excluding tert-OH is 1. The molecule has 6 rings (SSSR count). The van der Waals surface area contributed by atoms with E-state index in [0.29, 0.717) is 5.71 Å². The molecule has 1 radical (unpaired) electrons. The summed E-state index contributed by atoms with van der Waals surface area (Å²) in [4.78, 5) is 14.8. The second kappa shape index (κ2) is 10.7. The van der Waals surface area contributed by atoms with Crippen LogP contribution in [0.25, 0.3) is 55.6 Å². The molecule has 0 aliphatic carbocycles. The molecule has 0 saturated carbocycles. The number of allylic oxidation sites excluding steroid dienone is 2. The summed E-state index contributed by atoms with van der Waals surface area (Å²) in [6, 6.07) is 31.4. The molecule has 0 aliphatic rings. The number of hydrogen-bond acceptors (Lipinski definition) is 5. The zero-order valence-corrected chi connectivity index (χ0v) is 22.0. The fourth-order valence-corrected chi connectivity index (χ4v) is 3.98. The molecule has 181 valence electrons. The van der Waals surface area contributed by atoms with Crippen LogP contribution >= 0.6 is 0 Å². The standard InChI is InChI=1S/C25H14NO2.C5H8O2.Ir/c1-2-7-16(8-3-1)23-15-17-13-14-21(26-25(17)28-23)20-11-6-10-19-18-9-4-5-12-22(18)27-24(19)20;1-4(6)3-5(2)7;/h1-10,12-15H;3,6H,1-2H3;/q-1;;/b;4-3-;. The molecule has 0 aliphatic heterocycles. The molecule has 0 atom stereocenters. The van der Waals surface area contributed by atoms with Crippen LogP contribution in [0, 0.1) is 6.07 Å². The van der Waals surface area contributed by atoms with Gasteiger partial charge in [-0.2, -0.15) is 0 Å². The zero-order chi connectivity index (χ0) is 24.4. The van der Waals surface area contributed by atoms with Gasteiger partial charge in [0.25, 0.3) is 0 Å². The molecule has 3 aromatic carbocycles. The maximum atomic E-state index is 10.0. The van der Waals surface area contributed by atoms with Crippen LogP contribution in [0.2, 0.25) is 0 Å². The summed E-state index contributed by atoms with van der Waals surface area (Å²) >= 11 is 0. The Bertz CT molecular complexity index is 1690. The van der Waals surface area contributed by atoms with Crippen molar-refractivity contribution >= 4 is 38.8 Å². The minimum atomic E-state index is -0.125. The van der Waals surface area contributed by atoms with Crippen molar-refractivity contribution in [2.45, 2.75) is 13.8 Å². The van der Waals surface area contributed by atoms with Crippen molar-refractivity contribution in [3.8, 4) is 22.6 Å². The number of pyridine rings is 1. The van der Waals surface area contributed by atoms with Gasteiger partial charge in [-0.1, -0.05) is 71.6 Å². The van der Waals surface area contributed by atoms with Gasteiger partial charge < -0.3 is 13.9 Å². The number of ketones is 1. The molecular formula is C30H22IrNO4-. The molecule has 5 nitrogen and oxygen atoms in total. The molecule has 0 bridgehead atoms. The van der Waals surface area contributed by atoms with E-state index in [4.69, 9.17) is 18.9 Å². The first-order valence-corrected chi connectivity index (χ1v) is 11.2. The maximum absolute atomic E-state index is 10.0. The number of nitrogens with zero attached hydrogens (tertiary/aromatic N) is 1. The Kier molecular flexibility index (Phi) is 7.49. The molecule has 6 aromatic rings. The number of carbonyl (C=O) groups excluding carboxylic acids is 1. The van der Waals surface area contributed by atoms with E-state index in [1.807, 2.05) is 78.9 Å². The molecule has 3 aromatic heterocycles. The normalized spacial score (nSPS) is 11.2. The van der Waals surface area contributed by atoms with Gasteiger partial charge in [0.1, 0.15) is 11.3 Å². The van der Waals surface area contributed by atoms with Crippen molar-refractivity contribution in [2.24, 2.45) is 0 Å². The third-order valence-corrected chi connectivity index (χ3v) is 5.45. The largest absolute Gasteiger partial charge is 0.512 e. The topological polar surface area (TPSA) is 76.5 Å². The number of fused-ring (bicyclic) bond motifs is 4. The second-order valence-corrected chi connectivity index (χ2v) is 8.16. The van der Waals surface area contributed by atoms with Crippen LogP contribution < -0.4 is 0 Å². The second-order valence-electron chi connectivity index (χ2n) is 8.16. The van der Waals surface area contributed by atoms with Crippen molar-refractivity contribution in [3.63, 3.8) is 0 Å². The van der Waals surface area contributed by atoms with Gasteiger partial charge in [-0.3, -0.25) is 9.78 Å². The van der Waals surface area contributed by atoms with E-state index >= 15 is 0 Å². The molecule has 0 saturated heterocycles. The maximum Gasteiger partial charge on any atom is 0.217 e. The summed E-state index contributed by atoms with van der Waals surface area (Å²) in [5.74, 6) is 0.749. The van der Waals surface area contributed by atoms with E-state index in [1.165, 1.54) is 19.9 Å². The number of para-hydroxylation sites is 1. The Morgan fingerprint density at radius 2 is 1.67 bits per heavy atom. The van der Waals surface area contributed by atoms with Gasteiger partial charge in [0, 0.05) is 42.5 Å². The first-order valence-electron chi connectivity index (χ1n) is 11.2. The van der Waals surface area contributed by atoms with Crippen LogP contribution in [-0.2, 0) is 24.9 Å². The van der Waals surface area contributed by atoms with E-state index < -0.39 is 0 Å². The average molecular weight is 653 g/mol. The smallest absolute Gasteiger partial charge is 0.217 e. The molecule has 3 heterocycles. The molecule has 0 amide bonds. The molecular weight excluding hydrogens is 631 g/mol. The summed E-state index contributed by atoms with van der Waals surface area (Å²) in [6.07, 6.45) is 1.17. The number of aromatic nitrogens is 1. The summed E-state index contributed by atoms with van der Waals surface area (Å²) in [5, 5.41) is 11.5. The van der Waals surface area contributed by atoms with Gasteiger partial charge in [0.2, 0.25) is 5.71 Å². The first kappa shape index (κ1) is 25.1. The molecule has 36 heavy (non-hydrogen) atoms. The summed E-state index contributed by atoms with van der Waals surface area (Å²) in [7, 11) is 0. The fourth-order valence-electron chi connectivity index (χ4n) is 3.98. The van der Waals surface area contributed by atoms with Gasteiger partial charge in [-0.15, -0.1) is 18.2 Å². The Morgan fingerprint density at radius 1 is 0.917 bits per heavy atom. The van der Waals surface area contributed by atoms with Crippen LogP contribution in [0.1, 0.15) is 13.8 Å². The van der Waals surface area contributed by atoms with Crippen LogP contribution in [0.15, 0.2) is 106 Å². The Hall–Kier alpha value is -3.99. The average Bonchev–Trinajstić information content (AvgIpc) is 3.45. The molecule has 0 unspecified atom stereocenters. The van der Waals surface area contributed by atoms with Gasteiger partial charge in [0.15, 0.2) is 5.78 Å². The number of rotatable bonds is 3. The monoisotopic (exact) mass is 653 g/mol. The van der Waals surface area contributed by atoms with E-state index in [9.17, 15) is 4.79 Å². The van der Waals surface area contributed by atoms with E-state index in [1.54, 1.807) is 0 Å². The fraction of sp³-hybridized carbons (Fsp3) is 0.0667. The molecule has 6 heteroatoms. The molecule has 1 N–H and O–H groups in total. The molecule has 0 fully saturated rings. The quantitative estimate of drug-likeness (QED) is 0.120.